The molecule has 0 rings (SSSR count). The van der Waals surface area contributed by atoms with Gasteiger partial charge in [-0.1, -0.05) is 13.3 Å². The van der Waals surface area contributed by atoms with E-state index in [1.165, 1.54) is 12.8 Å². The Morgan fingerprint density at radius 1 is 1.33 bits per heavy atom. The van der Waals surface area contributed by atoms with Crippen LogP contribution in [-0.2, 0) is 10.9 Å². The van der Waals surface area contributed by atoms with E-state index in [1.807, 2.05) is 0 Å². The van der Waals surface area contributed by atoms with Gasteiger partial charge in [0.25, 0.3) is 0 Å². The molecule has 0 heterocycles. The molecule has 0 aliphatic rings. The summed E-state index contributed by atoms with van der Waals surface area (Å²) in [5.41, 5.74) is 0. The van der Waals surface area contributed by atoms with Crippen molar-refractivity contribution in [3.63, 3.8) is 0 Å². The Morgan fingerprint density at radius 3 is 1.89 bits per heavy atom. The Bertz CT molecular complexity index is 54.9. The number of hydrogen-bond acceptors (Lipinski definition) is 0. The topological polar surface area (TPSA) is 0 Å². The second-order valence-electron chi connectivity index (χ2n) is 2.48. The van der Waals surface area contributed by atoms with Gasteiger partial charge in [-0.05, 0) is 24.2 Å². The molecule has 9 heavy (non-hydrogen) atoms. The Hall–Kier alpha value is 1.08. The molecule has 58 valence electrons. The van der Waals surface area contributed by atoms with Crippen LogP contribution in [0.15, 0.2) is 0 Å². The van der Waals surface area contributed by atoms with Crippen molar-refractivity contribution in [3.05, 3.63) is 0 Å². The van der Waals surface area contributed by atoms with Gasteiger partial charge in [0.1, 0.15) is 5.25 Å². The van der Waals surface area contributed by atoms with Crippen LogP contribution in [-0.4, -0.2) is 17.8 Å². The van der Waals surface area contributed by atoms with Crippen molar-refractivity contribution in [2.45, 2.75) is 31.9 Å². The predicted molar refractivity (Wildman–Crippen MR) is 43.6 cm³/mol. The second-order valence-corrected chi connectivity index (χ2v) is 5.04. The van der Waals surface area contributed by atoms with Gasteiger partial charge in [0.15, 0.2) is 0 Å². The van der Waals surface area contributed by atoms with E-state index < -0.39 is 0 Å². The molecule has 0 aliphatic carbocycles. The van der Waals surface area contributed by atoms with Gasteiger partial charge in [-0.15, -0.1) is 0 Å². The van der Waals surface area contributed by atoms with E-state index in [0.717, 1.165) is 5.25 Å². The summed E-state index contributed by atoms with van der Waals surface area (Å²) in [6, 6.07) is 0. The summed E-state index contributed by atoms with van der Waals surface area (Å²) in [5.74, 6) is 0. The Kier molecular flexibility index (Phi) is 10.2. The maximum Gasteiger partial charge on any atom is 0.114 e. The van der Waals surface area contributed by atoms with Gasteiger partial charge in [-0.2, -0.15) is 0 Å². The fourth-order valence-corrected chi connectivity index (χ4v) is 1.35. The summed E-state index contributed by atoms with van der Waals surface area (Å²) in [6.07, 6.45) is 7.38. The molecule has 0 saturated heterocycles. The van der Waals surface area contributed by atoms with Crippen LogP contribution in [0.4, 0.5) is 0 Å². The smallest absolute Gasteiger partial charge is 0.114 e. The Morgan fingerprint density at radius 2 is 1.78 bits per heavy atom. The number of hydrogen-bond donors (Lipinski definition) is 0. The number of halogens is 1. The zero-order valence-corrected chi connectivity index (χ0v) is 9.75. The first-order valence-electron chi connectivity index (χ1n) is 3.24. The summed E-state index contributed by atoms with van der Waals surface area (Å²) in [6.45, 7) is 4.59. The molecule has 0 amide bonds. The highest BCUT2D eigenvalue weighted by Crippen LogP contribution is 2.05. The van der Waals surface area contributed by atoms with Crippen LogP contribution in [0.2, 0.25) is 0 Å². The largest absolute Gasteiger partial charge is 1.00 e. The second kappa shape index (κ2) is 7.19. The van der Waals surface area contributed by atoms with Gasteiger partial charge < -0.3 is 24.0 Å². The first kappa shape index (κ1) is 12.7. The van der Waals surface area contributed by atoms with E-state index >= 15 is 0 Å². The molecule has 1 unspecified atom stereocenters. The van der Waals surface area contributed by atoms with Crippen molar-refractivity contribution < 1.29 is 24.0 Å². The first-order valence-corrected chi connectivity index (χ1v) is 5.35. The van der Waals surface area contributed by atoms with E-state index in [-0.39, 0.29) is 24.0 Å². The summed E-state index contributed by atoms with van der Waals surface area (Å²) < 4.78 is 0. The van der Waals surface area contributed by atoms with E-state index in [0.29, 0.717) is 10.9 Å². The van der Waals surface area contributed by atoms with Crippen LogP contribution in [0.25, 0.3) is 0 Å². The molecule has 0 spiro atoms. The first-order chi connectivity index (χ1) is 3.68. The van der Waals surface area contributed by atoms with Crippen LogP contribution in [0, 0.1) is 0 Å². The molecular weight excluding hydrogens is 243 g/mol. The fourth-order valence-electron chi connectivity index (χ4n) is 0.642. The van der Waals surface area contributed by atoms with Crippen LogP contribution in [0.1, 0.15) is 26.7 Å². The molecular formula is C7H17IS. The van der Waals surface area contributed by atoms with Crippen molar-refractivity contribution in [1.82, 2.24) is 0 Å². The van der Waals surface area contributed by atoms with Gasteiger partial charge in [-0.3, -0.25) is 0 Å². The summed E-state index contributed by atoms with van der Waals surface area (Å²) >= 11 is 0. The van der Waals surface area contributed by atoms with Crippen LogP contribution < -0.4 is 24.0 Å². The molecule has 0 N–H and O–H groups in total. The average molecular weight is 260 g/mol. The van der Waals surface area contributed by atoms with Crippen molar-refractivity contribution in [2.24, 2.45) is 0 Å². The highest BCUT2D eigenvalue weighted by Gasteiger charge is 2.12. The SMILES string of the molecule is CCCC(C)[S+](C)C.[I-]. The molecule has 2 heteroatoms. The van der Waals surface area contributed by atoms with E-state index in [9.17, 15) is 0 Å². The zero-order chi connectivity index (χ0) is 6.57. The molecule has 1 atom stereocenters. The minimum Gasteiger partial charge on any atom is -1.00 e. The summed E-state index contributed by atoms with van der Waals surface area (Å²) in [5, 5.41) is 0.944. The van der Waals surface area contributed by atoms with Gasteiger partial charge in [-0.25, -0.2) is 0 Å². The van der Waals surface area contributed by atoms with Crippen molar-refractivity contribution >= 4 is 10.9 Å². The lowest BCUT2D eigenvalue weighted by Gasteiger charge is -2.04. The molecule has 0 aromatic heterocycles. The van der Waals surface area contributed by atoms with Gasteiger partial charge in [0.05, 0.1) is 12.5 Å². The van der Waals surface area contributed by atoms with Gasteiger partial charge in [0.2, 0.25) is 0 Å². The van der Waals surface area contributed by atoms with Crippen LogP contribution in [0.5, 0.6) is 0 Å². The molecule has 0 aromatic rings. The lowest BCUT2D eigenvalue weighted by Crippen LogP contribution is -3.00. The highest BCUT2D eigenvalue weighted by atomic mass is 127. The predicted octanol–water partition coefficient (Wildman–Crippen LogP) is -0.943. The number of rotatable bonds is 3. The molecule has 0 aliphatic heterocycles. The molecule has 0 fully saturated rings. The quantitative estimate of drug-likeness (QED) is 0.454. The normalized spacial score (nSPS) is 13.0. The van der Waals surface area contributed by atoms with Gasteiger partial charge >= 0.3 is 0 Å². The minimum absolute atomic E-state index is 0. The molecule has 0 nitrogen and oxygen atoms in total. The third-order valence-electron chi connectivity index (χ3n) is 1.50. The zero-order valence-electron chi connectivity index (χ0n) is 6.78. The Balaban J connectivity index is 0. The van der Waals surface area contributed by atoms with Crippen molar-refractivity contribution in [2.75, 3.05) is 12.5 Å². The van der Waals surface area contributed by atoms with Crippen molar-refractivity contribution in [3.8, 4) is 0 Å². The fraction of sp³-hybridized carbons (Fsp3) is 1.00. The van der Waals surface area contributed by atoms with Crippen LogP contribution in [0.3, 0.4) is 0 Å². The lowest BCUT2D eigenvalue weighted by molar-refractivity contribution is -0.00000198. The lowest BCUT2D eigenvalue weighted by atomic mass is 10.3. The maximum atomic E-state index is 2.34. The third kappa shape index (κ3) is 6.97. The van der Waals surface area contributed by atoms with Crippen LogP contribution >= 0.6 is 0 Å². The molecule has 0 aromatic carbocycles. The Labute approximate surface area is 79.2 Å². The summed E-state index contributed by atoms with van der Waals surface area (Å²) in [4.78, 5) is 0. The van der Waals surface area contributed by atoms with E-state index in [4.69, 9.17) is 0 Å². The van der Waals surface area contributed by atoms with Gasteiger partial charge in [0, 0.05) is 0 Å². The maximum absolute atomic E-state index is 2.34. The van der Waals surface area contributed by atoms with Crippen molar-refractivity contribution in [1.29, 1.82) is 0 Å². The molecule has 0 radical (unpaired) electrons. The standard InChI is InChI=1S/C7H17S.HI/c1-5-6-7(2)8(3)4;/h7H,5-6H2,1-4H3;1H/q+1;/p-1. The third-order valence-corrected chi connectivity index (χ3v) is 3.35. The average Bonchev–Trinajstić information content (AvgIpc) is 1.67. The van der Waals surface area contributed by atoms with E-state index in [1.54, 1.807) is 0 Å². The minimum atomic E-state index is 0. The summed E-state index contributed by atoms with van der Waals surface area (Å²) in [7, 11) is 0.640. The monoisotopic (exact) mass is 260 g/mol. The van der Waals surface area contributed by atoms with E-state index in [2.05, 4.69) is 26.4 Å². The molecule has 0 bridgehead atoms. The molecule has 0 saturated carbocycles. The highest BCUT2D eigenvalue weighted by molar-refractivity contribution is 7.96.